The van der Waals surface area contributed by atoms with Crippen LogP contribution in [0.4, 0.5) is 4.39 Å². The van der Waals surface area contributed by atoms with Crippen LogP contribution in [-0.4, -0.2) is 38.5 Å². The molecule has 0 spiro atoms. The molecule has 3 N–H and O–H groups in total. The van der Waals surface area contributed by atoms with E-state index in [-0.39, 0.29) is 35.7 Å². The molecule has 5 nitrogen and oxygen atoms in total. The van der Waals surface area contributed by atoms with Gasteiger partial charge in [0.25, 0.3) is 5.91 Å². The molecule has 0 atom stereocenters. The monoisotopic (exact) mass is 476 g/mol. The van der Waals surface area contributed by atoms with E-state index in [0.717, 1.165) is 12.5 Å². The molecule has 2 rings (SSSR count). The number of hydrogen-bond donors (Lipinski definition) is 3. The van der Waals surface area contributed by atoms with Gasteiger partial charge in [0.2, 0.25) is 0 Å². The van der Waals surface area contributed by atoms with Crippen LogP contribution in [0.5, 0.6) is 0 Å². The molecule has 1 aromatic rings. The number of aliphatic imine (C=N–C) groups is 1. The van der Waals surface area contributed by atoms with E-state index in [9.17, 15) is 9.18 Å². The molecule has 1 aromatic carbocycles. The lowest BCUT2D eigenvalue weighted by atomic mass is 9.67. The highest BCUT2D eigenvalue weighted by Crippen LogP contribution is 2.42. The smallest absolute Gasteiger partial charge is 0.251 e. The van der Waals surface area contributed by atoms with E-state index >= 15 is 0 Å². The van der Waals surface area contributed by atoms with Crippen LogP contribution in [-0.2, 0) is 0 Å². The second-order valence-electron chi connectivity index (χ2n) is 6.78. The zero-order valence-corrected chi connectivity index (χ0v) is 18.2. The van der Waals surface area contributed by atoms with Gasteiger partial charge < -0.3 is 16.0 Å². The van der Waals surface area contributed by atoms with Gasteiger partial charge in [0.05, 0.1) is 0 Å². The molecule has 0 saturated heterocycles. The largest absolute Gasteiger partial charge is 0.356 e. The Hall–Kier alpha value is -1.38. The summed E-state index contributed by atoms with van der Waals surface area (Å²) in [4.78, 5) is 16.2. The molecule has 1 aliphatic carbocycles. The minimum absolute atomic E-state index is 0. The second kappa shape index (κ2) is 10.7. The summed E-state index contributed by atoms with van der Waals surface area (Å²) in [6.45, 7) is 5.83. The lowest BCUT2D eigenvalue weighted by Gasteiger charge is -2.41. The molecule has 1 amide bonds. The molecule has 7 heteroatoms. The SMILES string of the molecule is CCC1(CNC(=NC)NCCNC(=O)c2ccc(C)c(F)c2)CCC1.I. The Morgan fingerprint density at radius 2 is 1.92 bits per heavy atom. The van der Waals surface area contributed by atoms with Gasteiger partial charge >= 0.3 is 0 Å². The van der Waals surface area contributed by atoms with Crippen LogP contribution in [0.1, 0.15) is 48.5 Å². The summed E-state index contributed by atoms with van der Waals surface area (Å²) in [6.07, 6.45) is 5.04. The Kier molecular flexibility index (Phi) is 9.32. The standard InChI is InChI=1S/C19H29FN4O.HI/c1-4-19(8-5-9-19)13-24-18(21-3)23-11-10-22-17(25)15-7-6-14(2)16(20)12-15;/h6-7,12H,4-5,8-11,13H2,1-3H3,(H,22,25)(H2,21,23,24);1H. The quantitative estimate of drug-likeness (QED) is 0.245. The van der Waals surface area contributed by atoms with Gasteiger partial charge in [-0.05, 0) is 49.3 Å². The lowest BCUT2D eigenvalue weighted by molar-refractivity contribution is 0.0954. The Labute approximate surface area is 172 Å². The van der Waals surface area contributed by atoms with Gasteiger partial charge in [-0.25, -0.2) is 4.39 Å². The third-order valence-corrected chi connectivity index (χ3v) is 5.16. The first-order chi connectivity index (χ1) is 12.0. The van der Waals surface area contributed by atoms with Gasteiger partial charge in [0.1, 0.15) is 5.82 Å². The maximum atomic E-state index is 13.5. The van der Waals surface area contributed by atoms with Crippen molar-refractivity contribution in [1.82, 2.24) is 16.0 Å². The topological polar surface area (TPSA) is 65.5 Å². The summed E-state index contributed by atoms with van der Waals surface area (Å²) in [7, 11) is 1.74. The van der Waals surface area contributed by atoms with Crippen molar-refractivity contribution in [3.63, 3.8) is 0 Å². The number of nitrogens with zero attached hydrogens (tertiary/aromatic N) is 1. The normalized spacial score (nSPS) is 15.5. The van der Waals surface area contributed by atoms with Crippen LogP contribution in [0, 0.1) is 18.2 Å². The molecule has 146 valence electrons. The number of benzene rings is 1. The number of carbonyl (C=O) groups excluding carboxylic acids is 1. The molecule has 0 bridgehead atoms. The van der Waals surface area contributed by atoms with E-state index in [1.54, 1.807) is 26.1 Å². The van der Waals surface area contributed by atoms with E-state index in [1.807, 2.05) is 0 Å². The van der Waals surface area contributed by atoms with Crippen LogP contribution < -0.4 is 16.0 Å². The number of carbonyl (C=O) groups is 1. The highest BCUT2D eigenvalue weighted by molar-refractivity contribution is 14.0. The first-order valence-corrected chi connectivity index (χ1v) is 8.98. The third kappa shape index (κ3) is 6.10. The van der Waals surface area contributed by atoms with E-state index in [0.29, 0.717) is 29.6 Å². The molecule has 26 heavy (non-hydrogen) atoms. The lowest BCUT2D eigenvalue weighted by Crippen LogP contribution is -2.47. The average molecular weight is 476 g/mol. The van der Waals surface area contributed by atoms with Gasteiger partial charge in [0, 0.05) is 32.2 Å². The van der Waals surface area contributed by atoms with E-state index in [1.165, 1.54) is 31.7 Å². The Morgan fingerprint density at radius 3 is 2.46 bits per heavy atom. The van der Waals surface area contributed by atoms with Crippen molar-refractivity contribution in [2.45, 2.75) is 39.5 Å². The van der Waals surface area contributed by atoms with Gasteiger partial charge in [-0.3, -0.25) is 9.79 Å². The number of aryl methyl sites for hydroxylation is 1. The predicted molar refractivity (Wildman–Crippen MR) is 115 cm³/mol. The van der Waals surface area contributed by atoms with Crippen molar-refractivity contribution in [3.8, 4) is 0 Å². The molecule has 0 aromatic heterocycles. The number of guanidine groups is 1. The van der Waals surface area contributed by atoms with E-state index < -0.39 is 0 Å². The first-order valence-electron chi connectivity index (χ1n) is 8.98. The molecule has 0 aliphatic heterocycles. The van der Waals surface area contributed by atoms with E-state index in [4.69, 9.17) is 0 Å². The maximum Gasteiger partial charge on any atom is 0.251 e. The summed E-state index contributed by atoms with van der Waals surface area (Å²) >= 11 is 0. The Morgan fingerprint density at radius 1 is 1.23 bits per heavy atom. The predicted octanol–water partition coefficient (Wildman–Crippen LogP) is 3.23. The number of rotatable bonds is 7. The first kappa shape index (κ1) is 22.7. The van der Waals surface area contributed by atoms with Gasteiger partial charge in [-0.1, -0.05) is 19.4 Å². The fourth-order valence-electron chi connectivity index (χ4n) is 3.02. The van der Waals surface area contributed by atoms with Crippen molar-refractivity contribution < 1.29 is 9.18 Å². The highest BCUT2D eigenvalue weighted by Gasteiger charge is 2.34. The Balaban J connectivity index is 0.00000338. The van der Waals surface area contributed by atoms with Crippen molar-refractivity contribution in [1.29, 1.82) is 0 Å². The van der Waals surface area contributed by atoms with E-state index in [2.05, 4.69) is 27.9 Å². The van der Waals surface area contributed by atoms with Crippen molar-refractivity contribution >= 4 is 35.8 Å². The van der Waals surface area contributed by atoms with Crippen LogP contribution in [0.3, 0.4) is 0 Å². The number of nitrogens with one attached hydrogen (secondary N) is 3. The fourth-order valence-corrected chi connectivity index (χ4v) is 3.02. The zero-order chi connectivity index (χ0) is 18.3. The van der Waals surface area contributed by atoms with Gasteiger partial charge in [0.15, 0.2) is 5.96 Å². The zero-order valence-electron chi connectivity index (χ0n) is 15.8. The fraction of sp³-hybridized carbons (Fsp3) is 0.579. The summed E-state index contributed by atoms with van der Waals surface area (Å²) in [5, 5.41) is 9.34. The van der Waals surface area contributed by atoms with Crippen molar-refractivity contribution in [2.75, 3.05) is 26.7 Å². The van der Waals surface area contributed by atoms with Gasteiger partial charge in [-0.2, -0.15) is 0 Å². The molecule has 0 heterocycles. The second-order valence-corrected chi connectivity index (χ2v) is 6.78. The van der Waals surface area contributed by atoms with Crippen molar-refractivity contribution in [2.24, 2.45) is 10.4 Å². The molecule has 1 saturated carbocycles. The molecular weight excluding hydrogens is 446 g/mol. The highest BCUT2D eigenvalue weighted by atomic mass is 127. The third-order valence-electron chi connectivity index (χ3n) is 5.16. The minimum Gasteiger partial charge on any atom is -0.356 e. The molecule has 0 unspecified atom stereocenters. The van der Waals surface area contributed by atoms with Crippen molar-refractivity contribution in [3.05, 3.63) is 35.1 Å². The van der Waals surface area contributed by atoms with Crippen LogP contribution >= 0.6 is 24.0 Å². The Bertz CT molecular complexity index is 626. The number of halogens is 2. The van der Waals surface area contributed by atoms with Crippen LogP contribution in [0.15, 0.2) is 23.2 Å². The number of amides is 1. The minimum atomic E-state index is -0.365. The summed E-state index contributed by atoms with van der Waals surface area (Å²) in [6, 6.07) is 4.50. The number of hydrogen-bond acceptors (Lipinski definition) is 2. The molecular formula is C19H30FIN4O. The molecule has 1 fully saturated rings. The summed E-state index contributed by atoms with van der Waals surface area (Å²) in [5.41, 5.74) is 1.28. The average Bonchev–Trinajstić information content (AvgIpc) is 2.58. The molecule has 0 radical (unpaired) electrons. The van der Waals surface area contributed by atoms with Crippen LogP contribution in [0.25, 0.3) is 0 Å². The molecule has 1 aliphatic rings. The van der Waals surface area contributed by atoms with Crippen LogP contribution in [0.2, 0.25) is 0 Å². The van der Waals surface area contributed by atoms with Gasteiger partial charge in [-0.15, -0.1) is 24.0 Å². The maximum absolute atomic E-state index is 13.5. The summed E-state index contributed by atoms with van der Waals surface area (Å²) < 4.78 is 13.5. The summed E-state index contributed by atoms with van der Waals surface area (Å²) in [5.74, 6) is 0.106.